The number of aliphatic hydroxyl groups excluding tert-OH is 1. The van der Waals surface area contributed by atoms with E-state index < -0.39 is 30.3 Å². The summed E-state index contributed by atoms with van der Waals surface area (Å²) in [5.74, 6) is -0.688. The zero-order valence-corrected chi connectivity index (χ0v) is 11.0. The maximum Gasteiger partial charge on any atom is 0.405 e. The van der Waals surface area contributed by atoms with Gasteiger partial charge in [-0.1, -0.05) is 0 Å². The zero-order valence-electron chi connectivity index (χ0n) is 11.0. The minimum atomic E-state index is -4.41. The molecule has 0 aliphatic carbocycles. The topological polar surface area (TPSA) is 61.8 Å². The number of ether oxygens (including phenoxy) is 1. The van der Waals surface area contributed by atoms with E-state index in [1.807, 2.05) is 5.32 Å². The van der Waals surface area contributed by atoms with Crippen molar-refractivity contribution in [1.82, 2.24) is 10.2 Å². The predicted octanol–water partition coefficient (Wildman–Crippen LogP) is 0.137. The monoisotopic (exact) mass is 284 g/mol. The molecule has 8 heteroatoms. The SMILES string of the molecule is CC1(C)CN(CC(=O)NCC(F)(F)F)CC(CO)O1. The van der Waals surface area contributed by atoms with Crippen molar-refractivity contribution in [2.24, 2.45) is 0 Å². The average Bonchev–Trinajstić information content (AvgIpc) is 2.23. The third-order valence-corrected chi connectivity index (χ3v) is 2.61. The van der Waals surface area contributed by atoms with Gasteiger partial charge in [-0.15, -0.1) is 0 Å². The number of morpholine rings is 1. The number of alkyl halides is 3. The summed E-state index contributed by atoms with van der Waals surface area (Å²) in [6.45, 7) is 2.68. The molecular weight excluding hydrogens is 265 g/mol. The number of nitrogens with zero attached hydrogens (tertiary/aromatic N) is 1. The number of nitrogens with one attached hydrogen (secondary N) is 1. The first-order valence-electron chi connectivity index (χ1n) is 5.96. The summed E-state index contributed by atoms with van der Waals surface area (Å²) < 4.78 is 41.4. The van der Waals surface area contributed by atoms with E-state index in [0.29, 0.717) is 13.1 Å². The van der Waals surface area contributed by atoms with Gasteiger partial charge in [0, 0.05) is 13.1 Å². The summed E-state index contributed by atoms with van der Waals surface area (Å²) in [5.41, 5.74) is -0.546. The lowest BCUT2D eigenvalue weighted by molar-refractivity contribution is -0.156. The molecule has 1 unspecified atom stereocenters. The molecule has 1 rings (SSSR count). The van der Waals surface area contributed by atoms with Crippen LogP contribution < -0.4 is 5.32 Å². The van der Waals surface area contributed by atoms with Crippen molar-refractivity contribution in [3.63, 3.8) is 0 Å². The smallest absolute Gasteiger partial charge is 0.394 e. The second-order valence-corrected chi connectivity index (χ2v) is 5.24. The van der Waals surface area contributed by atoms with Gasteiger partial charge in [-0.05, 0) is 13.8 Å². The van der Waals surface area contributed by atoms with Crippen molar-refractivity contribution in [2.75, 3.05) is 32.8 Å². The molecule has 1 amide bonds. The fourth-order valence-corrected chi connectivity index (χ4v) is 2.09. The zero-order chi connectivity index (χ0) is 14.7. The molecule has 112 valence electrons. The van der Waals surface area contributed by atoms with Crippen LogP contribution in [-0.2, 0) is 9.53 Å². The van der Waals surface area contributed by atoms with Crippen LogP contribution in [0.25, 0.3) is 0 Å². The molecule has 0 aromatic carbocycles. The van der Waals surface area contributed by atoms with Crippen LogP contribution in [-0.4, -0.2) is 66.6 Å². The number of aliphatic hydroxyl groups is 1. The predicted molar refractivity (Wildman–Crippen MR) is 61.5 cm³/mol. The van der Waals surface area contributed by atoms with E-state index in [9.17, 15) is 18.0 Å². The van der Waals surface area contributed by atoms with Crippen LogP contribution in [0.4, 0.5) is 13.2 Å². The molecule has 0 bridgehead atoms. The first-order chi connectivity index (χ1) is 8.61. The Balaban J connectivity index is 2.45. The van der Waals surface area contributed by atoms with E-state index in [-0.39, 0.29) is 13.2 Å². The van der Waals surface area contributed by atoms with E-state index in [0.717, 1.165) is 0 Å². The standard InChI is InChI=1S/C11H19F3N2O3/c1-10(2)7-16(3-8(5-17)19-10)4-9(18)15-6-11(12,13)14/h8,17H,3-7H2,1-2H3,(H,15,18). The maximum absolute atomic E-state index is 12.0. The van der Waals surface area contributed by atoms with Crippen molar-refractivity contribution in [3.8, 4) is 0 Å². The lowest BCUT2D eigenvalue weighted by Gasteiger charge is -2.42. The lowest BCUT2D eigenvalue weighted by Crippen LogP contribution is -2.56. The molecule has 0 saturated carbocycles. The minimum Gasteiger partial charge on any atom is -0.394 e. The molecule has 5 nitrogen and oxygen atoms in total. The Morgan fingerprint density at radius 2 is 2.16 bits per heavy atom. The Kier molecular flexibility index (Phi) is 5.17. The van der Waals surface area contributed by atoms with Gasteiger partial charge in [0.25, 0.3) is 0 Å². The van der Waals surface area contributed by atoms with Gasteiger partial charge >= 0.3 is 6.18 Å². The van der Waals surface area contributed by atoms with Gasteiger partial charge in [-0.25, -0.2) is 0 Å². The summed E-state index contributed by atoms with van der Waals surface area (Å²) in [6.07, 6.45) is -4.84. The van der Waals surface area contributed by atoms with Crippen molar-refractivity contribution in [2.45, 2.75) is 31.7 Å². The summed E-state index contributed by atoms with van der Waals surface area (Å²) in [6, 6.07) is 0. The second kappa shape index (κ2) is 6.06. The van der Waals surface area contributed by atoms with E-state index in [1.165, 1.54) is 0 Å². The molecule has 0 aromatic rings. The number of carbonyl (C=O) groups excluding carboxylic acids is 1. The number of hydrogen-bond acceptors (Lipinski definition) is 4. The molecular formula is C11H19F3N2O3. The van der Waals surface area contributed by atoms with Gasteiger partial charge in [-0.3, -0.25) is 9.69 Å². The molecule has 0 aromatic heterocycles. The van der Waals surface area contributed by atoms with Crippen molar-refractivity contribution < 1.29 is 27.8 Å². The molecule has 1 atom stereocenters. The maximum atomic E-state index is 12.0. The van der Waals surface area contributed by atoms with E-state index in [1.54, 1.807) is 18.7 Å². The average molecular weight is 284 g/mol. The highest BCUT2D eigenvalue weighted by molar-refractivity contribution is 5.78. The molecule has 1 aliphatic rings. The lowest BCUT2D eigenvalue weighted by atomic mass is 10.1. The largest absolute Gasteiger partial charge is 0.405 e. The van der Waals surface area contributed by atoms with Crippen LogP contribution >= 0.6 is 0 Å². The van der Waals surface area contributed by atoms with Crippen LogP contribution in [0.2, 0.25) is 0 Å². The fraction of sp³-hybridized carbons (Fsp3) is 0.909. The summed E-state index contributed by atoms with van der Waals surface area (Å²) in [4.78, 5) is 13.1. The molecule has 1 heterocycles. The molecule has 1 fully saturated rings. The van der Waals surface area contributed by atoms with Gasteiger partial charge in [0.05, 0.1) is 24.9 Å². The summed E-state index contributed by atoms with van der Waals surface area (Å²) >= 11 is 0. The highest BCUT2D eigenvalue weighted by Gasteiger charge is 2.34. The summed E-state index contributed by atoms with van der Waals surface area (Å²) in [5, 5.41) is 10.9. The quantitative estimate of drug-likeness (QED) is 0.771. The van der Waals surface area contributed by atoms with E-state index >= 15 is 0 Å². The van der Waals surface area contributed by atoms with Crippen molar-refractivity contribution in [3.05, 3.63) is 0 Å². The molecule has 1 saturated heterocycles. The number of hydrogen-bond donors (Lipinski definition) is 2. The van der Waals surface area contributed by atoms with Gasteiger partial charge in [0.1, 0.15) is 6.54 Å². The van der Waals surface area contributed by atoms with E-state index in [2.05, 4.69) is 0 Å². The molecule has 19 heavy (non-hydrogen) atoms. The molecule has 0 radical (unpaired) electrons. The highest BCUT2D eigenvalue weighted by Crippen LogP contribution is 2.20. The second-order valence-electron chi connectivity index (χ2n) is 5.24. The van der Waals surface area contributed by atoms with Gasteiger partial charge in [-0.2, -0.15) is 13.2 Å². The van der Waals surface area contributed by atoms with Crippen LogP contribution in [0.5, 0.6) is 0 Å². The number of amides is 1. The van der Waals surface area contributed by atoms with Crippen LogP contribution in [0, 0.1) is 0 Å². The first kappa shape index (κ1) is 16.2. The number of carbonyl (C=O) groups is 1. The minimum absolute atomic E-state index is 0.140. The number of halogens is 3. The Hall–Kier alpha value is -0.860. The Labute approximate surface area is 109 Å². The van der Waals surface area contributed by atoms with Crippen LogP contribution in [0.1, 0.15) is 13.8 Å². The normalized spacial score (nSPS) is 24.2. The number of rotatable bonds is 4. The molecule has 1 aliphatic heterocycles. The third kappa shape index (κ3) is 6.22. The summed E-state index contributed by atoms with van der Waals surface area (Å²) in [7, 11) is 0. The Morgan fingerprint density at radius 3 is 2.68 bits per heavy atom. The van der Waals surface area contributed by atoms with Crippen molar-refractivity contribution >= 4 is 5.91 Å². The van der Waals surface area contributed by atoms with Gasteiger partial charge in [0.15, 0.2) is 0 Å². The van der Waals surface area contributed by atoms with Crippen molar-refractivity contribution in [1.29, 1.82) is 0 Å². The molecule has 2 N–H and O–H groups in total. The fourth-order valence-electron chi connectivity index (χ4n) is 2.09. The van der Waals surface area contributed by atoms with E-state index in [4.69, 9.17) is 9.84 Å². The Morgan fingerprint density at radius 1 is 1.53 bits per heavy atom. The van der Waals surface area contributed by atoms with Crippen LogP contribution in [0.3, 0.4) is 0 Å². The molecule has 0 spiro atoms. The third-order valence-electron chi connectivity index (χ3n) is 2.61. The van der Waals surface area contributed by atoms with Crippen LogP contribution in [0.15, 0.2) is 0 Å². The highest BCUT2D eigenvalue weighted by atomic mass is 19.4. The van der Waals surface area contributed by atoms with Gasteiger partial charge < -0.3 is 15.2 Å². The Bertz CT molecular complexity index is 321. The first-order valence-corrected chi connectivity index (χ1v) is 5.96. The van der Waals surface area contributed by atoms with Gasteiger partial charge in [0.2, 0.25) is 5.91 Å².